The normalized spacial score (nSPS) is 17.3. The topological polar surface area (TPSA) is 80.2 Å². The van der Waals surface area contributed by atoms with E-state index in [0.717, 1.165) is 0 Å². The van der Waals surface area contributed by atoms with Gasteiger partial charge in [0, 0.05) is 25.0 Å². The van der Waals surface area contributed by atoms with Crippen molar-refractivity contribution in [2.75, 3.05) is 39.2 Å². The van der Waals surface area contributed by atoms with Crippen LogP contribution < -0.4 is 5.32 Å². The minimum absolute atomic E-state index is 0.117. The molecule has 0 aromatic heterocycles. The van der Waals surface area contributed by atoms with Crippen molar-refractivity contribution in [1.29, 1.82) is 0 Å². The van der Waals surface area contributed by atoms with Crippen LogP contribution in [0.5, 0.6) is 5.75 Å². The number of nitrogens with zero attached hydrogens (tertiary/aromatic N) is 1. The van der Waals surface area contributed by atoms with Crippen LogP contribution in [0.1, 0.15) is 5.56 Å². The Kier molecular flexibility index (Phi) is 6.70. The van der Waals surface area contributed by atoms with Gasteiger partial charge in [0.15, 0.2) is 0 Å². The van der Waals surface area contributed by atoms with E-state index in [0.29, 0.717) is 42.7 Å². The lowest BCUT2D eigenvalue weighted by Crippen LogP contribution is -2.36. The molecular formula is C15H20N2O4S. The molecule has 1 aromatic carbocycles. The first-order chi connectivity index (χ1) is 10.7. The van der Waals surface area contributed by atoms with Crippen LogP contribution in [-0.4, -0.2) is 61.3 Å². The number of carbonyl (C=O) groups is 1. The van der Waals surface area contributed by atoms with Gasteiger partial charge in [0.25, 0.3) is 0 Å². The number of thioether (sulfide) groups is 1. The van der Waals surface area contributed by atoms with Gasteiger partial charge in [0.2, 0.25) is 5.91 Å². The van der Waals surface area contributed by atoms with E-state index in [1.807, 2.05) is 6.07 Å². The first-order valence-electron chi connectivity index (χ1n) is 7.05. The van der Waals surface area contributed by atoms with E-state index in [2.05, 4.69) is 10.3 Å². The van der Waals surface area contributed by atoms with Crippen molar-refractivity contribution in [3.63, 3.8) is 0 Å². The van der Waals surface area contributed by atoms with Crippen molar-refractivity contribution >= 4 is 22.7 Å². The highest BCUT2D eigenvalue weighted by Crippen LogP contribution is 2.28. The maximum absolute atomic E-state index is 12.0. The van der Waals surface area contributed by atoms with Gasteiger partial charge >= 0.3 is 0 Å². The Hall–Kier alpha value is -1.57. The number of phenols is 1. The lowest BCUT2D eigenvalue weighted by Gasteiger charge is -2.08. The summed E-state index contributed by atoms with van der Waals surface area (Å²) in [5.41, 5.74) is 0.672. The first-order valence-corrected chi connectivity index (χ1v) is 8.04. The fourth-order valence-corrected chi connectivity index (χ4v) is 2.99. The van der Waals surface area contributed by atoms with E-state index < -0.39 is 6.04 Å². The molecule has 0 saturated heterocycles. The third kappa shape index (κ3) is 4.72. The van der Waals surface area contributed by atoms with Crippen molar-refractivity contribution in [3.8, 4) is 5.75 Å². The molecule has 6 nitrogen and oxygen atoms in total. The van der Waals surface area contributed by atoms with Gasteiger partial charge in [-0.25, -0.2) is 0 Å². The quantitative estimate of drug-likeness (QED) is 0.698. The second kappa shape index (κ2) is 8.77. The summed E-state index contributed by atoms with van der Waals surface area (Å²) in [7, 11) is 1.61. The summed E-state index contributed by atoms with van der Waals surface area (Å²) in [5, 5.41) is 13.3. The summed E-state index contributed by atoms with van der Waals surface area (Å²) >= 11 is 1.48. The van der Waals surface area contributed by atoms with Gasteiger partial charge < -0.3 is 19.9 Å². The second-order valence-electron chi connectivity index (χ2n) is 4.67. The molecule has 0 radical (unpaired) electrons. The Labute approximate surface area is 133 Å². The number of ether oxygens (including phenoxy) is 2. The van der Waals surface area contributed by atoms with Gasteiger partial charge in [-0.15, -0.1) is 11.8 Å². The molecule has 22 heavy (non-hydrogen) atoms. The number of nitrogens with one attached hydrogen (secondary N) is 1. The fraction of sp³-hybridized carbons (Fsp3) is 0.467. The van der Waals surface area contributed by atoms with Crippen LogP contribution in [0.15, 0.2) is 29.3 Å². The summed E-state index contributed by atoms with van der Waals surface area (Å²) < 4.78 is 10.1. The third-order valence-corrected chi connectivity index (χ3v) is 4.15. The van der Waals surface area contributed by atoms with Crippen LogP contribution >= 0.6 is 11.8 Å². The highest BCUT2D eigenvalue weighted by Gasteiger charge is 2.26. The van der Waals surface area contributed by atoms with E-state index in [1.165, 1.54) is 11.8 Å². The standard InChI is InChI=1S/C15H20N2O4S/c1-20-8-9-21-7-6-16-14(19)12-10-22-15(17-12)11-4-2-3-5-13(11)18/h2-5,12,18H,6-10H2,1H3,(H,16,19)/t12-/m1/s1. The van der Waals surface area contributed by atoms with E-state index in [-0.39, 0.29) is 11.7 Å². The number of hydrogen-bond donors (Lipinski definition) is 2. The minimum Gasteiger partial charge on any atom is -0.507 e. The molecule has 120 valence electrons. The number of aliphatic imine (C=N–C) groups is 1. The highest BCUT2D eigenvalue weighted by atomic mass is 32.2. The van der Waals surface area contributed by atoms with Crippen molar-refractivity contribution in [2.24, 2.45) is 4.99 Å². The molecular weight excluding hydrogens is 304 g/mol. The first kappa shape index (κ1) is 16.8. The van der Waals surface area contributed by atoms with Gasteiger partial charge in [-0.2, -0.15) is 0 Å². The molecule has 1 aromatic rings. The monoisotopic (exact) mass is 324 g/mol. The van der Waals surface area contributed by atoms with E-state index in [9.17, 15) is 9.90 Å². The molecule has 0 saturated carbocycles. The van der Waals surface area contributed by atoms with Crippen LogP contribution in [0.25, 0.3) is 0 Å². The van der Waals surface area contributed by atoms with Crippen LogP contribution in [0, 0.1) is 0 Å². The number of methoxy groups -OCH3 is 1. The lowest BCUT2D eigenvalue weighted by atomic mass is 10.2. The molecule has 1 aliphatic heterocycles. The number of benzene rings is 1. The number of para-hydroxylation sites is 1. The summed E-state index contributed by atoms with van der Waals surface area (Å²) in [6, 6.07) is 6.59. The zero-order valence-corrected chi connectivity index (χ0v) is 13.3. The predicted molar refractivity (Wildman–Crippen MR) is 86.6 cm³/mol. The van der Waals surface area contributed by atoms with E-state index in [4.69, 9.17) is 9.47 Å². The Morgan fingerprint density at radius 2 is 2.23 bits per heavy atom. The number of amides is 1. The molecule has 0 spiro atoms. The van der Waals surface area contributed by atoms with Crippen LogP contribution in [0.3, 0.4) is 0 Å². The average Bonchev–Trinajstić information content (AvgIpc) is 3.01. The Morgan fingerprint density at radius 1 is 1.41 bits per heavy atom. The lowest BCUT2D eigenvalue weighted by molar-refractivity contribution is -0.122. The number of hydrogen-bond acceptors (Lipinski definition) is 6. The third-order valence-electron chi connectivity index (χ3n) is 3.07. The summed E-state index contributed by atoms with van der Waals surface area (Å²) in [6.07, 6.45) is 0. The van der Waals surface area contributed by atoms with Gasteiger partial charge in [-0.05, 0) is 12.1 Å². The van der Waals surface area contributed by atoms with Gasteiger partial charge in [-0.1, -0.05) is 12.1 Å². The molecule has 1 amide bonds. The number of phenolic OH excluding ortho intramolecular Hbond substituents is 1. The molecule has 2 rings (SSSR count). The zero-order valence-electron chi connectivity index (χ0n) is 12.4. The smallest absolute Gasteiger partial charge is 0.245 e. The van der Waals surface area contributed by atoms with Crippen LogP contribution in [-0.2, 0) is 14.3 Å². The molecule has 1 aliphatic rings. The number of carbonyl (C=O) groups excluding carboxylic acids is 1. The number of aromatic hydroxyl groups is 1. The molecule has 1 atom stereocenters. The molecule has 0 bridgehead atoms. The molecule has 1 heterocycles. The van der Waals surface area contributed by atoms with E-state index in [1.54, 1.807) is 25.3 Å². The predicted octanol–water partition coefficient (Wildman–Crippen LogP) is 1.03. The van der Waals surface area contributed by atoms with Crippen molar-refractivity contribution in [3.05, 3.63) is 29.8 Å². The largest absolute Gasteiger partial charge is 0.507 e. The Bertz CT molecular complexity index is 536. The molecule has 2 N–H and O–H groups in total. The van der Waals surface area contributed by atoms with Crippen molar-refractivity contribution in [1.82, 2.24) is 5.32 Å². The fourth-order valence-electron chi connectivity index (χ4n) is 1.92. The Balaban J connectivity index is 1.79. The maximum atomic E-state index is 12.0. The van der Waals surface area contributed by atoms with Crippen LogP contribution in [0.4, 0.5) is 0 Å². The average molecular weight is 324 g/mol. The zero-order chi connectivity index (χ0) is 15.8. The van der Waals surface area contributed by atoms with Crippen molar-refractivity contribution < 1.29 is 19.4 Å². The van der Waals surface area contributed by atoms with Gasteiger partial charge in [-0.3, -0.25) is 9.79 Å². The second-order valence-corrected chi connectivity index (χ2v) is 5.68. The highest BCUT2D eigenvalue weighted by molar-refractivity contribution is 8.14. The maximum Gasteiger partial charge on any atom is 0.245 e. The molecule has 7 heteroatoms. The number of rotatable bonds is 8. The molecule has 0 unspecified atom stereocenters. The minimum atomic E-state index is -0.418. The van der Waals surface area contributed by atoms with Crippen LogP contribution in [0.2, 0.25) is 0 Å². The molecule has 0 aliphatic carbocycles. The van der Waals surface area contributed by atoms with Crippen molar-refractivity contribution in [2.45, 2.75) is 6.04 Å². The van der Waals surface area contributed by atoms with E-state index >= 15 is 0 Å². The summed E-state index contributed by atoms with van der Waals surface area (Å²) in [5.74, 6) is 0.648. The Morgan fingerprint density at radius 3 is 3.00 bits per heavy atom. The summed E-state index contributed by atoms with van der Waals surface area (Å²) in [4.78, 5) is 16.4. The molecule has 0 fully saturated rings. The van der Waals surface area contributed by atoms with Gasteiger partial charge in [0.05, 0.1) is 19.8 Å². The summed E-state index contributed by atoms with van der Waals surface area (Å²) in [6.45, 7) is 1.96. The van der Waals surface area contributed by atoms with Gasteiger partial charge in [0.1, 0.15) is 16.8 Å². The SMILES string of the molecule is COCCOCCNC(=O)[C@H]1CSC(c2ccccc2O)=N1.